The SMILES string of the molecule is O=C(O)Cc1ccccc1-c1cc(F)cc(C(=O)NCCCn2cccn2)c1. The number of hydrogen-bond acceptors (Lipinski definition) is 3. The van der Waals surface area contributed by atoms with Crippen LogP contribution in [0, 0.1) is 5.82 Å². The zero-order valence-corrected chi connectivity index (χ0v) is 15.1. The summed E-state index contributed by atoms with van der Waals surface area (Å²) in [6.07, 6.45) is 4.04. The molecule has 0 aliphatic carbocycles. The highest BCUT2D eigenvalue weighted by Crippen LogP contribution is 2.26. The van der Waals surface area contributed by atoms with E-state index in [1.165, 1.54) is 12.1 Å². The van der Waals surface area contributed by atoms with Gasteiger partial charge in [0.15, 0.2) is 0 Å². The first-order valence-electron chi connectivity index (χ1n) is 8.89. The van der Waals surface area contributed by atoms with E-state index in [0.29, 0.717) is 36.2 Å². The Balaban J connectivity index is 1.72. The van der Waals surface area contributed by atoms with E-state index in [1.807, 2.05) is 12.3 Å². The summed E-state index contributed by atoms with van der Waals surface area (Å²) in [5, 5.41) is 15.9. The van der Waals surface area contributed by atoms with Crippen LogP contribution in [0.25, 0.3) is 11.1 Å². The third-order valence-electron chi connectivity index (χ3n) is 4.24. The lowest BCUT2D eigenvalue weighted by Gasteiger charge is -2.11. The molecular formula is C21H20FN3O3. The van der Waals surface area contributed by atoms with E-state index in [2.05, 4.69) is 10.4 Å². The maximum Gasteiger partial charge on any atom is 0.307 e. The predicted molar refractivity (Wildman–Crippen MR) is 102 cm³/mol. The number of carbonyl (C=O) groups excluding carboxylic acids is 1. The normalized spacial score (nSPS) is 10.6. The van der Waals surface area contributed by atoms with Gasteiger partial charge in [-0.3, -0.25) is 14.3 Å². The molecule has 2 aromatic carbocycles. The Bertz CT molecular complexity index is 971. The lowest BCUT2D eigenvalue weighted by molar-refractivity contribution is -0.136. The molecule has 3 aromatic rings. The highest BCUT2D eigenvalue weighted by atomic mass is 19.1. The van der Waals surface area contributed by atoms with Crippen LogP contribution in [0.2, 0.25) is 0 Å². The van der Waals surface area contributed by atoms with Gasteiger partial charge in [0.25, 0.3) is 5.91 Å². The van der Waals surface area contributed by atoms with Gasteiger partial charge in [0.1, 0.15) is 5.82 Å². The number of hydrogen-bond donors (Lipinski definition) is 2. The molecular weight excluding hydrogens is 361 g/mol. The number of aromatic nitrogens is 2. The van der Waals surface area contributed by atoms with Crippen LogP contribution in [0.3, 0.4) is 0 Å². The van der Waals surface area contributed by atoms with Crippen molar-refractivity contribution >= 4 is 11.9 Å². The summed E-state index contributed by atoms with van der Waals surface area (Å²) in [5.74, 6) is -1.90. The van der Waals surface area contributed by atoms with Crippen molar-refractivity contribution in [3.05, 3.63) is 77.9 Å². The number of carboxylic acids is 1. The molecule has 0 fully saturated rings. The number of nitrogens with one attached hydrogen (secondary N) is 1. The highest BCUT2D eigenvalue weighted by Gasteiger charge is 2.13. The van der Waals surface area contributed by atoms with Crippen molar-refractivity contribution in [3.8, 4) is 11.1 Å². The largest absolute Gasteiger partial charge is 0.481 e. The van der Waals surface area contributed by atoms with Crippen LogP contribution in [0.15, 0.2) is 60.9 Å². The highest BCUT2D eigenvalue weighted by molar-refractivity contribution is 5.95. The summed E-state index contributed by atoms with van der Waals surface area (Å²) < 4.78 is 15.9. The number of carbonyl (C=O) groups is 2. The number of halogens is 1. The number of carboxylic acid groups (broad SMARTS) is 1. The molecule has 0 saturated heterocycles. The van der Waals surface area contributed by atoms with Gasteiger partial charge in [-0.05, 0) is 47.4 Å². The van der Waals surface area contributed by atoms with Crippen molar-refractivity contribution in [1.82, 2.24) is 15.1 Å². The van der Waals surface area contributed by atoms with Crippen LogP contribution >= 0.6 is 0 Å². The van der Waals surface area contributed by atoms with Gasteiger partial charge >= 0.3 is 5.97 Å². The molecule has 0 radical (unpaired) electrons. The summed E-state index contributed by atoms with van der Waals surface area (Å²) in [6, 6.07) is 12.8. The zero-order valence-electron chi connectivity index (χ0n) is 15.1. The number of aliphatic carboxylic acids is 1. The lowest BCUT2D eigenvalue weighted by atomic mass is 9.96. The molecule has 1 heterocycles. The fourth-order valence-electron chi connectivity index (χ4n) is 2.97. The van der Waals surface area contributed by atoms with Crippen molar-refractivity contribution in [3.63, 3.8) is 0 Å². The van der Waals surface area contributed by atoms with Crippen molar-refractivity contribution in [1.29, 1.82) is 0 Å². The summed E-state index contributed by atoms with van der Waals surface area (Å²) >= 11 is 0. The van der Waals surface area contributed by atoms with Crippen molar-refractivity contribution in [2.24, 2.45) is 0 Å². The van der Waals surface area contributed by atoms with E-state index in [1.54, 1.807) is 41.2 Å². The van der Waals surface area contributed by atoms with Crippen LogP contribution in [-0.2, 0) is 17.8 Å². The maximum atomic E-state index is 14.1. The molecule has 0 aliphatic rings. The topological polar surface area (TPSA) is 84.2 Å². The summed E-state index contributed by atoms with van der Waals surface area (Å²) in [5.41, 5.74) is 1.82. The van der Waals surface area contributed by atoms with E-state index in [0.717, 1.165) is 0 Å². The van der Waals surface area contributed by atoms with Crippen LogP contribution in [0.1, 0.15) is 22.3 Å². The smallest absolute Gasteiger partial charge is 0.307 e. The minimum Gasteiger partial charge on any atom is -0.481 e. The monoisotopic (exact) mass is 381 g/mol. The molecule has 1 aromatic heterocycles. The van der Waals surface area contributed by atoms with Gasteiger partial charge in [0.05, 0.1) is 6.42 Å². The quantitative estimate of drug-likeness (QED) is 0.587. The molecule has 0 bridgehead atoms. The van der Waals surface area contributed by atoms with E-state index in [9.17, 15) is 14.0 Å². The second-order valence-corrected chi connectivity index (χ2v) is 6.33. The first-order valence-corrected chi connectivity index (χ1v) is 8.89. The first-order chi connectivity index (χ1) is 13.5. The average Bonchev–Trinajstić information content (AvgIpc) is 3.18. The van der Waals surface area contributed by atoms with E-state index in [-0.39, 0.29) is 17.9 Å². The summed E-state index contributed by atoms with van der Waals surface area (Å²) in [4.78, 5) is 23.5. The van der Waals surface area contributed by atoms with E-state index in [4.69, 9.17) is 5.11 Å². The Labute approximate surface area is 161 Å². The second-order valence-electron chi connectivity index (χ2n) is 6.33. The van der Waals surface area contributed by atoms with Crippen LogP contribution < -0.4 is 5.32 Å². The number of amides is 1. The zero-order chi connectivity index (χ0) is 19.9. The second kappa shape index (κ2) is 8.94. The number of rotatable bonds is 8. The third kappa shape index (κ3) is 5.03. The molecule has 1 amide bonds. The standard InChI is InChI=1S/C21H20FN3O3/c22-18-12-16(19-6-2-1-5-15(19)14-20(26)27)11-17(13-18)21(28)23-7-3-9-25-10-4-8-24-25/h1-2,4-6,8,10-13H,3,7,9,14H2,(H,23,28)(H,26,27). The van der Waals surface area contributed by atoms with Gasteiger partial charge in [-0.25, -0.2) is 4.39 Å². The Hall–Kier alpha value is -3.48. The Kier molecular flexibility index (Phi) is 6.16. The Morgan fingerprint density at radius 2 is 1.96 bits per heavy atom. The molecule has 0 unspecified atom stereocenters. The molecule has 7 heteroatoms. The van der Waals surface area contributed by atoms with Gasteiger partial charge in [-0.2, -0.15) is 5.10 Å². The molecule has 144 valence electrons. The van der Waals surface area contributed by atoms with Crippen LogP contribution in [-0.4, -0.2) is 33.3 Å². The van der Waals surface area contributed by atoms with Gasteiger partial charge in [-0.1, -0.05) is 24.3 Å². The third-order valence-corrected chi connectivity index (χ3v) is 4.24. The molecule has 0 saturated carbocycles. The molecule has 0 aliphatic heterocycles. The molecule has 28 heavy (non-hydrogen) atoms. The fourth-order valence-corrected chi connectivity index (χ4v) is 2.97. The van der Waals surface area contributed by atoms with Crippen LogP contribution in [0.5, 0.6) is 0 Å². The average molecular weight is 381 g/mol. The van der Waals surface area contributed by atoms with Crippen molar-refractivity contribution in [2.75, 3.05) is 6.54 Å². The molecule has 3 rings (SSSR count). The molecule has 2 N–H and O–H groups in total. The molecule has 0 atom stereocenters. The maximum absolute atomic E-state index is 14.1. The van der Waals surface area contributed by atoms with E-state index < -0.39 is 11.8 Å². The Morgan fingerprint density at radius 3 is 2.71 bits per heavy atom. The first kappa shape index (κ1) is 19.3. The lowest BCUT2D eigenvalue weighted by Crippen LogP contribution is -2.25. The van der Waals surface area contributed by atoms with E-state index >= 15 is 0 Å². The number of benzene rings is 2. The number of nitrogens with zero attached hydrogens (tertiary/aromatic N) is 2. The fraction of sp³-hybridized carbons (Fsp3) is 0.190. The predicted octanol–water partition coefficient (Wildman–Crippen LogP) is 3.14. The molecule has 0 spiro atoms. The van der Waals surface area contributed by atoms with Gasteiger partial charge < -0.3 is 10.4 Å². The summed E-state index contributed by atoms with van der Waals surface area (Å²) in [6.45, 7) is 1.10. The van der Waals surface area contributed by atoms with Gasteiger partial charge in [0.2, 0.25) is 0 Å². The Morgan fingerprint density at radius 1 is 1.14 bits per heavy atom. The van der Waals surface area contributed by atoms with Crippen molar-refractivity contribution < 1.29 is 19.1 Å². The van der Waals surface area contributed by atoms with Gasteiger partial charge in [0, 0.05) is 31.0 Å². The van der Waals surface area contributed by atoms with Crippen molar-refractivity contribution in [2.45, 2.75) is 19.4 Å². The minimum absolute atomic E-state index is 0.179. The molecule has 6 nitrogen and oxygen atoms in total. The minimum atomic E-state index is -0.973. The van der Waals surface area contributed by atoms with Gasteiger partial charge in [-0.15, -0.1) is 0 Å². The number of aryl methyl sites for hydroxylation is 1. The summed E-state index contributed by atoms with van der Waals surface area (Å²) in [7, 11) is 0. The van der Waals surface area contributed by atoms with Crippen LogP contribution in [0.4, 0.5) is 4.39 Å².